The molecule has 0 atom stereocenters. The third kappa shape index (κ3) is 5.53. The summed E-state index contributed by atoms with van der Waals surface area (Å²) in [5.41, 5.74) is 1.71. The van der Waals surface area contributed by atoms with Crippen LogP contribution < -0.4 is 0 Å². The highest BCUT2D eigenvalue weighted by Gasteiger charge is 2.11. The minimum atomic E-state index is -0.515. The number of aromatic nitrogens is 1. The molecular weight excluding hydrogens is 365 g/mol. The maximum atomic E-state index is 11.9. The van der Waals surface area contributed by atoms with Gasteiger partial charge in [-0.3, -0.25) is 0 Å². The molecule has 2 aromatic rings. The molecule has 1 aromatic carbocycles. The number of aromatic amines is 1. The monoisotopic (exact) mass is 383 g/mol. The summed E-state index contributed by atoms with van der Waals surface area (Å²) in [6, 6.07) is 5.49. The Labute approximate surface area is 156 Å². The van der Waals surface area contributed by atoms with Gasteiger partial charge >= 0.3 is 5.97 Å². The fourth-order valence-electron chi connectivity index (χ4n) is 2.09. The zero-order valence-corrected chi connectivity index (χ0v) is 15.5. The molecule has 7 heteroatoms. The Balaban J connectivity index is 2.15. The van der Waals surface area contributed by atoms with E-state index in [2.05, 4.69) is 4.98 Å². The van der Waals surface area contributed by atoms with Crippen molar-refractivity contribution in [1.29, 1.82) is 0 Å². The summed E-state index contributed by atoms with van der Waals surface area (Å²) in [4.78, 5) is 15.1. The molecule has 0 aliphatic rings. The Morgan fingerprint density at radius 3 is 2.64 bits per heavy atom. The van der Waals surface area contributed by atoms with Crippen molar-refractivity contribution in [3.05, 3.63) is 51.8 Å². The number of carbonyl (C=O) groups excluding carboxylic acids is 1. The second kappa shape index (κ2) is 9.51. The number of nitrogens with one attached hydrogen (secondary N) is 1. The van der Waals surface area contributed by atoms with Crippen molar-refractivity contribution in [3.63, 3.8) is 0 Å². The van der Waals surface area contributed by atoms with Gasteiger partial charge in [0, 0.05) is 23.7 Å². The lowest BCUT2D eigenvalue weighted by molar-refractivity contribution is -0.142. The van der Waals surface area contributed by atoms with E-state index in [0.717, 1.165) is 16.6 Å². The first-order valence-electron chi connectivity index (χ1n) is 7.70. The summed E-state index contributed by atoms with van der Waals surface area (Å²) in [6.07, 6.45) is 5.06. The van der Waals surface area contributed by atoms with Crippen molar-refractivity contribution in [2.75, 3.05) is 26.9 Å². The zero-order valence-electron chi connectivity index (χ0n) is 14.0. The number of allylic oxidation sites excluding steroid dienone is 2. The number of rotatable bonds is 8. The summed E-state index contributed by atoms with van der Waals surface area (Å²) in [5.74, 6) is -0.393. The molecule has 25 heavy (non-hydrogen) atoms. The molecule has 0 amide bonds. The number of esters is 1. The fourth-order valence-corrected chi connectivity index (χ4v) is 2.43. The molecule has 0 spiro atoms. The average Bonchev–Trinajstić information content (AvgIpc) is 2.95. The molecule has 5 nitrogen and oxygen atoms in total. The van der Waals surface area contributed by atoms with E-state index in [1.54, 1.807) is 44.4 Å². The van der Waals surface area contributed by atoms with E-state index in [1.165, 1.54) is 0 Å². The van der Waals surface area contributed by atoms with E-state index < -0.39 is 5.97 Å². The third-order valence-corrected chi connectivity index (χ3v) is 3.95. The molecule has 0 aliphatic heterocycles. The summed E-state index contributed by atoms with van der Waals surface area (Å²) in [6.45, 7) is 2.65. The average molecular weight is 384 g/mol. The number of hydrogen-bond acceptors (Lipinski definition) is 4. The van der Waals surface area contributed by atoms with E-state index in [0.29, 0.717) is 16.7 Å². The van der Waals surface area contributed by atoms with E-state index in [1.807, 2.05) is 6.07 Å². The molecule has 2 rings (SSSR count). The van der Waals surface area contributed by atoms with Gasteiger partial charge in [0.2, 0.25) is 5.76 Å². The van der Waals surface area contributed by atoms with Gasteiger partial charge in [0.15, 0.2) is 0 Å². The normalized spacial score (nSPS) is 12.1. The van der Waals surface area contributed by atoms with Crippen LogP contribution in [-0.2, 0) is 19.0 Å². The van der Waals surface area contributed by atoms with Crippen LogP contribution in [0.5, 0.6) is 0 Å². The number of ether oxygens (including phenoxy) is 3. The van der Waals surface area contributed by atoms with Gasteiger partial charge in [0.05, 0.1) is 23.3 Å². The third-order valence-electron chi connectivity index (χ3n) is 3.23. The summed E-state index contributed by atoms with van der Waals surface area (Å²) in [7, 11) is 1.56. The second-order valence-corrected chi connectivity index (χ2v) is 5.84. The quantitative estimate of drug-likeness (QED) is 0.238. The maximum absolute atomic E-state index is 11.9. The topological polar surface area (TPSA) is 60.6 Å². The Bertz CT molecular complexity index is 757. The van der Waals surface area contributed by atoms with Crippen LogP contribution in [0, 0.1) is 0 Å². The lowest BCUT2D eigenvalue weighted by atomic mass is 10.2. The van der Waals surface area contributed by atoms with Crippen LogP contribution >= 0.6 is 23.2 Å². The van der Waals surface area contributed by atoms with Gasteiger partial charge in [0.25, 0.3) is 0 Å². The van der Waals surface area contributed by atoms with Gasteiger partial charge < -0.3 is 19.2 Å². The van der Waals surface area contributed by atoms with Gasteiger partial charge in [-0.15, -0.1) is 0 Å². The van der Waals surface area contributed by atoms with E-state index in [9.17, 15) is 4.79 Å². The van der Waals surface area contributed by atoms with Gasteiger partial charge in [-0.1, -0.05) is 29.3 Å². The molecule has 0 aliphatic carbocycles. The molecular formula is C18H19Cl2NO4. The molecule has 0 radical (unpaired) electrons. The fraction of sp³-hybridized carbons (Fsp3) is 0.278. The Hall–Kier alpha value is -1.95. The Morgan fingerprint density at radius 1 is 1.16 bits per heavy atom. The van der Waals surface area contributed by atoms with Crippen LogP contribution in [0.25, 0.3) is 17.0 Å². The minimum absolute atomic E-state index is 0.123. The van der Waals surface area contributed by atoms with Crippen molar-refractivity contribution in [1.82, 2.24) is 4.98 Å². The number of methoxy groups -OCH3 is 1. The first-order chi connectivity index (χ1) is 12.0. The van der Waals surface area contributed by atoms with E-state index >= 15 is 0 Å². The van der Waals surface area contributed by atoms with Crippen LogP contribution in [0.3, 0.4) is 0 Å². The van der Waals surface area contributed by atoms with Crippen molar-refractivity contribution in [3.8, 4) is 0 Å². The zero-order chi connectivity index (χ0) is 18.2. The highest BCUT2D eigenvalue weighted by Crippen LogP contribution is 2.28. The van der Waals surface area contributed by atoms with Crippen LogP contribution in [0.15, 0.2) is 36.1 Å². The number of halogens is 2. The summed E-state index contributed by atoms with van der Waals surface area (Å²) < 4.78 is 15.3. The second-order valence-electron chi connectivity index (χ2n) is 5.03. The number of carbonyl (C=O) groups is 1. The van der Waals surface area contributed by atoms with Crippen LogP contribution in [0.2, 0.25) is 10.0 Å². The predicted molar refractivity (Wildman–Crippen MR) is 99.9 cm³/mol. The standard InChI is InChI=1S/C18H19Cl2NO4/c1-3-24-18(22)17(25-8-7-23-2)6-4-5-13-9-12-10-14(19)15(20)11-16(12)21-13/h4-6,9-11,21H,3,7-8H2,1-2H3. The summed E-state index contributed by atoms with van der Waals surface area (Å²) in [5, 5.41) is 1.93. The van der Waals surface area contributed by atoms with E-state index in [4.69, 9.17) is 37.4 Å². The Morgan fingerprint density at radius 2 is 1.92 bits per heavy atom. The Kier molecular flexibility index (Phi) is 7.37. The number of fused-ring (bicyclic) bond motifs is 1. The van der Waals surface area contributed by atoms with Gasteiger partial charge in [-0.2, -0.15) is 0 Å². The van der Waals surface area contributed by atoms with Crippen molar-refractivity contribution in [2.45, 2.75) is 6.92 Å². The lowest BCUT2D eigenvalue weighted by Crippen LogP contribution is -2.12. The van der Waals surface area contributed by atoms with Crippen molar-refractivity contribution >= 4 is 46.2 Å². The molecule has 1 N–H and O–H groups in total. The smallest absolute Gasteiger partial charge is 0.373 e. The molecule has 1 aromatic heterocycles. The number of hydrogen-bond donors (Lipinski definition) is 1. The first kappa shape index (κ1) is 19.4. The highest BCUT2D eigenvalue weighted by atomic mass is 35.5. The molecule has 0 saturated heterocycles. The van der Waals surface area contributed by atoms with Gasteiger partial charge in [0.1, 0.15) is 6.61 Å². The minimum Gasteiger partial charge on any atom is -0.484 e. The highest BCUT2D eigenvalue weighted by molar-refractivity contribution is 6.42. The lowest BCUT2D eigenvalue weighted by Gasteiger charge is -2.08. The van der Waals surface area contributed by atoms with Crippen LogP contribution in [0.1, 0.15) is 12.6 Å². The first-order valence-corrected chi connectivity index (χ1v) is 8.45. The maximum Gasteiger partial charge on any atom is 0.373 e. The number of benzene rings is 1. The van der Waals surface area contributed by atoms with Crippen molar-refractivity contribution in [2.24, 2.45) is 0 Å². The SMILES string of the molecule is CCOC(=O)C(=CC=Cc1cc2cc(Cl)c(Cl)cc2[nH]1)OCCOC. The molecule has 0 unspecified atom stereocenters. The van der Waals surface area contributed by atoms with E-state index in [-0.39, 0.29) is 19.0 Å². The molecule has 134 valence electrons. The number of H-pyrrole nitrogens is 1. The van der Waals surface area contributed by atoms with Crippen LogP contribution in [0.4, 0.5) is 0 Å². The van der Waals surface area contributed by atoms with Crippen molar-refractivity contribution < 1.29 is 19.0 Å². The van der Waals surface area contributed by atoms with Gasteiger partial charge in [-0.05, 0) is 37.3 Å². The molecule has 0 saturated carbocycles. The van der Waals surface area contributed by atoms with Crippen LogP contribution in [-0.4, -0.2) is 37.9 Å². The van der Waals surface area contributed by atoms with Gasteiger partial charge in [-0.25, -0.2) is 4.79 Å². The molecule has 0 fully saturated rings. The molecule has 1 heterocycles. The largest absolute Gasteiger partial charge is 0.484 e. The molecule has 0 bridgehead atoms. The predicted octanol–water partition coefficient (Wildman–Crippen LogP) is 4.60. The summed E-state index contributed by atoms with van der Waals surface area (Å²) >= 11 is 12.0.